The largest absolute Gasteiger partial charge is 0.248 e. The summed E-state index contributed by atoms with van der Waals surface area (Å²) >= 11 is 0. The lowest BCUT2D eigenvalue weighted by molar-refractivity contribution is 1.18. The number of fused-ring (bicyclic) bond motifs is 3. The Labute approximate surface area is 326 Å². The summed E-state index contributed by atoms with van der Waals surface area (Å²) in [7, 11) is 0. The summed E-state index contributed by atoms with van der Waals surface area (Å²) in [6, 6.07) is 74.5. The highest BCUT2D eigenvalue weighted by Gasteiger charge is 2.18. The van der Waals surface area contributed by atoms with Gasteiger partial charge in [-0.3, -0.25) is 0 Å². The molecule has 0 spiro atoms. The molecule has 8 aromatic carbocycles. The molecule has 10 aromatic rings. The zero-order chi connectivity index (χ0) is 37.3. The molecule has 3 heteroatoms. The molecular formula is C53H35N3. The molecular weight excluding hydrogens is 679 g/mol. The molecule has 2 heterocycles. The van der Waals surface area contributed by atoms with Crippen molar-refractivity contribution in [1.82, 2.24) is 15.0 Å². The summed E-state index contributed by atoms with van der Waals surface area (Å²) in [5, 5.41) is 3.36. The molecule has 0 aliphatic heterocycles. The van der Waals surface area contributed by atoms with Gasteiger partial charge >= 0.3 is 0 Å². The minimum Gasteiger partial charge on any atom is -0.248 e. The number of nitrogens with zero attached hydrogens (tertiary/aromatic N) is 3. The molecule has 0 fully saturated rings. The predicted octanol–water partition coefficient (Wildman–Crippen LogP) is 13.8. The van der Waals surface area contributed by atoms with Crippen LogP contribution in [0.5, 0.6) is 0 Å². The fourth-order valence-electron chi connectivity index (χ4n) is 7.74. The molecule has 10 rings (SSSR count). The molecule has 0 N–H and O–H groups in total. The fraction of sp³-hybridized carbons (Fsp3) is 0. The first kappa shape index (κ1) is 33.1. The van der Waals surface area contributed by atoms with Crippen molar-refractivity contribution in [3.8, 4) is 78.5 Å². The van der Waals surface area contributed by atoms with Crippen molar-refractivity contribution in [1.29, 1.82) is 0 Å². The van der Waals surface area contributed by atoms with Gasteiger partial charge in [0.05, 0.1) is 22.6 Å². The molecule has 0 aliphatic rings. The van der Waals surface area contributed by atoms with Crippen LogP contribution in [0.25, 0.3) is 100 Å². The van der Waals surface area contributed by atoms with E-state index in [-0.39, 0.29) is 0 Å². The second-order valence-corrected chi connectivity index (χ2v) is 14.0. The van der Waals surface area contributed by atoms with E-state index in [1.807, 2.05) is 24.3 Å². The smallest absolute Gasteiger partial charge is 0.160 e. The summed E-state index contributed by atoms with van der Waals surface area (Å²) in [6.07, 6.45) is 0. The van der Waals surface area contributed by atoms with E-state index in [2.05, 4.69) is 188 Å². The SMILES string of the molecule is c1ccc(-c2cc(-c3ccccc3)cc(-c3cc(-c4cccc5c4ccc4nc(-c6ccccc6)cc(-c6ccccc6)c45)nc(-c4ccccc4)n3)c2)cc1. The van der Waals surface area contributed by atoms with Gasteiger partial charge in [0.25, 0.3) is 0 Å². The Bertz CT molecular complexity index is 2920. The molecule has 0 unspecified atom stereocenters. The summed E-state index contributed by atoms with van der Waals surface area (Å²) in [6.45, 7) is 0. The van der Waals surface area contributed by atoms with Crippen LogP contribution in [-0.4, -0.2) is 15.0 Å². The van der Waals surface area contributed by atoms with E-state index < -0.39 is 0 Å². The maximum atomic E-state index is 5.30. The van der Waals surface area contributed by atoms with Crippen molar-refractivity contribution in [2.45, 2.75) is 0 Å². The first-order valence-electron chi connectivity index (χ1n) is 18.9. The lowest BCUT2D eigenvalue weighted by atomic mass is 9.92. The van der Waals surface area contributed by atoms with E-state index >= 15 is 0 Å². The predicted molar refractivity (Wildman–Crippen MR) is 233 cm³/mol. The average molecular weight is 714 g/mol. The van der Waals surface area contributed by atoms with Crippen LogP contribution in [0, 0.1) is 0 Å². The van der Waals surface area contributed by atoms with Gasteiger partial charge in [0.1, 0.15) is 0 Å². The highest BCUT2D eigenvalue weighted by atomic mass is 14.9. The van der Waals surface area contributed by atoms with Gasteiger partial charge < -0.3 is 0 Å². The summed E-state index contributed by atoms with van der Waals surface area (Å²) < 4.78 is 0. The lowest BCUT2D eigenvalue weighted by Crippen LogP contribution is -1.97. The molecule has 0 amide bonds. The topological polar surface area (TPSA) is 38.7 Å². The molecule has 0 bridgehead atoms. The molecule has 0 saturated heterocycles. The Morgan fingerprint density at radius 1 is 0.250 bits per heavy atom. The van der Waals surface area contributed by atoms with Crippen LogP contribution in [0.1, 0.15) is 0 Å². The summed E-state index contributed by atoms with van der Waals surface area (Å²) in [4.78, 5) is 15.8. The van der Waals surface area contributed by atoms with Crippen molar-refractivity contribution >= 4 is 21.7 Å². The number of aromatic nitrogens is 3. The maximum Gasteiger partial charge on any atom is 0.160 e. The molecule has 0 radical (unpaired) electrons. The maximum absolute atomic E-state index is 5.30. The summed E-state index contributed by atoms with van der Waals surface area (Å²) in [5.74, 6) is 0.682. The van der Waals surface area contributed by atoms with Crippen LogP contribution in [0.4, 0.5) is 0 Å². The van der Waals surface area contributed by atoms with Crippen LogP contribution in [0.15, 0.2) is 212 Å². The van der Waals surface area contributed by atoms with Gasteiger partial charge in [-0.15, -0.1) is 0 Å². The van der Waals surface area contributed by atoms with Gasteiger partial charge in [-0.05, 0) is 80.6 Å². The highest BCUT2D eigenvalue weighted by molar-refractivity contribution is 6.16. The van der Waals surface area contributed by atoms with Gasteiger partial charge in [0.2, 0.25) is 0 Å². The first-order valence-corrected chi connectivity index (χ1v) is 18.9. The van der Waals surface area contributed by atoms with Crippen LogP contribution >= 0.6 is 0 Å². The van der Waals surface area contributed by atoms with Crippen molar-refractivity contribution in [3.05, 3.63) is 212 Å². The number of hydrogen-bond donors (Lipinski definition) is 0. The van der Waals surface area contributed by atoms with Crippen molar-refractivity contribution in [2.75, 3.05) is 0 Å². The normalized spacial score (nSPS) is 11.2. The third kappa shape index (κ3) is 6.31. The zero-order valence-electron chi connectivity index (χ0n) is 30.5. The first-order chi connectivity index (χ1) is 27.7. The number of pyridine rings is 1. The second-order valence-electron chi connectivity index (χ2n) is 14.0. The van der Waals surface area contributed by atoms with E-state index in [9.17, 15) is 0 Å². The lowest BCUT2D eigenvalue weighted by Gasteiger charge is -2.16. The van der Waals surface area contributed by atoms with Crippen LogP contribution in [0.2, 0.25) is 0 Å². The minimum absolute atomic E-state index is 0.682. The third-order valence-corrected chi connectivity index (χ3v) is 10.5. The van der Waals surface area contributed by atoms with Gasteiger partial charge in [0.15, 0.2) is 5.82 Å². The molecule has 2 aromatic heterocycles. The second kappa shape index (κ2) is 14.4. The van der Waals surface area contributed by atoms with Gasteiger partial charge in [-0.1, -0.05) is 176 Å². The number of hydrogen-bond acceptors (Lipinski definition) is 3. The number of rotatable bonds is 7. The quantitative estimate of drug-likeness (QED) is 0.154. The average Bonchev–Trinajstić information content (AvgIpc) is 3.29. The Morgan fingerprint density at radius 2 is 0.750 bits per heavy atom. The molecule has 0 aliphatic carbocycles. The van der Waals surface area contributed by atoms with E-state index in [1.54, 1.807) is 0 Å². The van der Waals surface area contributed by atoms with Crippen LogP contribution < -0.4 is 0 Å². The van der Waals surface area contributed by atoms with E-state index in [1.165, 1.54) is 0 Å². The highest BCUT2D eigenvalue weighted by Crippen LogP contribution is 2.41. The van der Waals surface area contributed by atoms with Gasteiger partial charge in [-0.25, -0.2) is 15.0 Å². The Hall–Kier alpha value is -7.49. The number of benzene rings is 8. The monoisotopic (exact) mass is 713 g/mol. The minimum atomic E-state index is 0.682. The van der Waals surface area contributed by atoms with Crippen LogP contribution in [0.3, 0.4) is 0 Å². The van der Waals surface area contributed by atoms with E-state index in [4.69, 9.17) is 15.0 Å². The molecule has 262 valence electrons. The standard InChI is InChI=1S/C53H35N3/c1-6-17-36(18-7-1)41-31-42(37-19-8-2-9-20-37)33-43(32-41)50-35-51(56-53(55-50)40-25-14-5-15-26-40)45-27-16-28-46-44(45)29-30-48-52(46)47(38-21-10-3-11-22-38)34-49(54-48)39-23-12-4-13-24-39/h1-35H. The molecule has 3 nitrogen and oxygen atoms in total. The third-order valence-electron chi connectivity index (χ3n) is 10.5. The molecule has 0 atom stereocenters. The van der Waals surface area contributed by atoms with Crippen molar-refractivity contribution in [3.63, 3.8) is 0 Å². The van der Waals surface area contributed by atoms with E-state index in [0.717, 1.165) is 94.4 Å². The zero-order valence-corrected chi connectivity index (χ0v) is 30.5. The Morgan fingerprint density at radius 3 is 1.36 bits per heavy atom. The molecule has 56 heavy (non-hydrogen) atoms. The van der Waals surface area contributed by atoms with Crippen molar-refractivity contribution in [2.24, 2.45) is 0 Å². The van der Waals surface area contributed by atoms with E-state index in [0.29, 0.717) is 5.82 Å². The summed E-state index contributed by atoms with van der Waals surface area (Å²) in [5.41, 5.74) is 14.6. The Kier molecular flexibility index (Phi) is 8.51. The van der Waals surface area contributed by atoms with Gasteiger partial charge in [-0.2, -0.15) is 0 Å². The fourth-order valence-corrected chi connectivity index (χ4v) is 7.74. The van der Waals surface area contributed by atoms with Crippen molar-refractivity contribution < 1.29 is 0 Å². The molecule has 0 saturated carbocycles. The van der Waals surface area contributed by atoms with Crippen LogP contribution in [-0.2, 0) is 0 Å². The Balaban J connectivity index is 1.21. The van der Waals surface area contributed by atoms with Gasteiger partial charge in [0, 0.05) is 27.6 Å².